The maximum atomic E-state index is 10.8. The molecule has 1 heterocycles. The van der Waals surface area contributed by atoms with E-state index in [-0.39, 0.29) is 5.57 Å². The fraction of sp³-hybridized carbons (Fsp3) is 0. The standard InChI is InChI=1S/C7H5NO4/c9-5-3-4(7(12)8-5)1-2-6(10)11/h1-3H,(H,10,11)(H,8,9,12). The number of hydrogen-bond acceptors (Lipinski definition) is 3. The Balaban J connectivity index is 2.77. The Morgan fingerprint density at radius 3 is 2.58 bits per heavy atom. The Kier molecular flexibility index (Phi) is 2.05. The van der Waals surface area contributed by atoms with Crippen LogP contribution in [0.3, 0.4) is 0 Å². The van der Waals surface area contributed by atoms with Crippen LogP contribution in [-0.2, 0) is 14.4 Å². The summed E-state index contributed by atoms with van der Waals surface area (Å²) in [5.74, 6) is -2.26. The van der Waals surface area contributed by atoms with E-state index >= 15 is 0 Å². The minimum Gasteiger partial charge on any atom is -0.478 e. The number of amides is 2. The lowest BCUT2D eigenvalue weighted by Crippen LogP contribution is -2.21. The first-order chi connectivity index (χ1) is 5.59. The average molecular weight is 167 g/mol. The van der Waals surface area contributed by atoms with E-state index in [0.29, 0.717) is 0 Å². The normalized spacial score (nSPS) is 16.5. The Hall–Kier alpha value is -1.91. The molecule has 2 N–H and O–H groups in total. The van der Waals surface area contributed by atoms with Crippen LogP contribution in [0.25, 0.3) is 0 Å². The van der Waals surface area contributed by atoms with Gasteiger partial charge in [-0.3, -0.25) is 14.9 Å². The lowest BCUT2D eigenvalue weighted by Gasteiger charge is -1.87. The number of carboxylic acid groups (broad SMARTS) is 1. The predicted molar refractivity (Wildman–Crippen MR) is 38.0 cm³/mol. The second-order valence-electron chi connectivity index (χ2n) is 2.09. The monoisotopic (exact) mass is 167 g/mol. The van der Waals surface area contributed by atoms with Crippen LogP contribution in [0.1, 0.15) is 0 Å². The predicted octanol–water partition coefficient (Wildman–Crippen LogP) is -0.790. The molecule has 0 fully saturated rings. The molecule has 0 aromatic heterocycles. The lowest BCUT2D eigenvalue weighted by atomic mass is 10.2. The molecular weight excluding hydrogens is 162 g/mol. The maximum absolute atomic E-state index is 10.8. The molecule has 5 heteroatoms. The molecule has 1 rings (SSSR count). The number of carbonyl (C=O) groups is 3. The number of carbonyl (C=O) groups excluding carboxylic acids is 2. The minimum atomic E-state index is -1.16. The van der Waals surface area contributed by atoms with Gasteiger partial charge in [-0.1, -0.05) is 0 Å². The van der Waals surface area contributed by atoms with Gasteiger partial charge in [0.05, 0.1) is 0 Å². The highest BCUT2D eigenvalue weighted by Gasteiger charge is 2.17. The fourth-order valence-corrected chi connectivity index (χ4v) is 0.712. The van der Waals surface area contributed by atoms with Gasteiger partial charge in [-0.15, -0.1) is 0 Å². The molecule has 12 heavy (non-hydrogen) atoms. The number of aliphatic carboxylic acids is 1. The highest BCUT2D eigenvalue weighted by Crippen LogP contribution is 2.02. The Bertz CT molecular complexity index is 313. The molecule has 5 nitrogen and oxygen atoms in total. The van der Waals surface area contributed by atoms with Gasteiger partial charge in [0.2, 0.25) is 0 Å². The molecule has 0 spiro atoms. The molecule has 0 bridgehead atoms. The zero-order valence-corrected chi connectivity index (χ0v) is 5.90. The summed E-state index contributed by atoms with van der Waals surface area (Å²) in [6.45, 7) is 0. The van der Waals surface area contributed by atoms with Crippen molar-refractivity contribution in [1.82, 2.24) is 5.32 Å². The number of carboxylic acids is 1. The molecular formula is C7H5NO4. The largest absolute Gasteiger partial charge is 0.478 e. The van der Waals surface area contributed by atoms with Crippen LogP contribution in [0, 0.1) is 0 Å². The van der Waals surface area contributed by atoms with E-state index in [0.717, 1.165) is 18.2 Å². The smallest absolute Gasteiger partial charge is 0.328 e. The van der Waals surface area contributed by atoms with Crippen molar-refractivity contribution in [2.24, 2.45) is 0 Å². The third-order valence-electron chi connectivity index (χ3n) is 1.19. The number of nitrogens with one attached hydrogen (secondary N) is 1. The second kappa shape index (κ2) is 3.00. The topological polar surface area (TPSA) is 83.5 Å². The van der Waals surface area contributed by atoms with Gasteiger partial charge in [-0.2, -0.15) is 0 Å². The first-order valence-electron chi connectivity index (χ1n) is 3.07. The van der Waals surface area contributed by atoms with Crippen molar-refractivity contribution in [1.29, 1.82) is 0 Å². The Labute approximate surface area is 67.4 Å². The molecule has 2 amide bonds. The molecule has 1 aliphatic heterocycles. The van der Waals surface area contributed by atoms with Crippen LogP contribution in [-0.4, -0.2) is 22.9 Å². The van der Waals surface area contributed by atoms with Gasteiger partial charge in [0.15, 0.2) is 0 Å². The molecule has 0 saturated carbocycles. The van der Waals surface area contributed by atoms with Crippen LogP contribution in [0.4, 0.5) is 0 Å². The Morgan fingerprint density at radius 2 is 2.17 bits per heavy atom. The van der Waals surface area contributed by atoms with Gasteiger partial charge in [0, 0.05) is 17.7 Å². The highest BCUT2D eigenvalue weighted by atomic mass is 16.4. The number of imide groups is 1. The summed E-state index contributed by atoms with van der Waals surface area (Å²) in [6.07, 6.45) is 2.91. The van der Waals surface area contributed by atoms with E-state index in [2.05, 4.69) is 0 Å². The minimum absolute atomic E-state index is 0.0578. The number of rotatable bonds is 2. The molecule has 0 atom stereocenters. The van der Waals surface area contributed by atoms with Crippen molar-refractivity contribution < 1.29 is 19.5 Å². The van der Waals surface area contributed by atoms with E-state index in [1.807, 2.05) is 5.32 Å². The first-order valence-corrected chi connectivity index (χ1v) is 3.07. The Morgan fingerprint density at radius 1 is 1.50 bits per heavy atom. The third-order valence-corrected chi connectivity index (χ3v) is 1.19. The van der Waals surface area contributed by atoms with Crippen molar-refractivity contribution in [2.45, 2.75) is 0 Å². The molecule has 62 valence electrons. The SMILES string of the molecule is O=C(O)C=CC1=CC(=O)NC1=O. The lowest BCUT2D eigenvalue weighted by molar-refractivity contribution is -0.131. The van der Waals surface area contributed by atoms with Crippen LogP contribution in [0.2, 0.25) is 0 Å². The summed E-state index contributed by atoms with van der Waals surface area (Å²) in [6, 6.07) is 0. The summed E-state index contributed by atoms with van der Waals surface area (Å²) in [4.78, 5) is 31.3. The summed E-state index contributed by atoms with van der Waals surface area (Å²) in [5.41, 5.74) is 0.0578. The van der Waals surface area contributed by atoms with Gasteiger partial charge in [-0.05, 0) is 6.08 Å². The zero-order chi connectivity index (χ0) is 9.14. The molecule has 0 saturated heterocycles. The van der Waals surface area contributed by atoms with Crippen molar-refractivity contribution in [3.63, 3.8) is 0 Å². The molecule has 0 unspecified atom stereocenters. The van der Waals surface area contributed by atoms with Gasteiger partial charge < -0.3 is 5.11 Å². The van der Waals surface area contributed by atoms with E-state index < -0.39 is 17.8 Å². The van der Waals surface area contributed by atoms with E-state index in [1.165, 1.54) is 0 Å². The van der Waals surface area contributed by atoms with Crippen LogP contribution >= 0.6 is 0 Å². The van der Waals surface area contributed by atoms with E-state index in [1.54, 1.807) is 0 Å². The molecule has 0 aromatic rings. The van der Waals surface area contributed by atoms with Gasteiger partial charge >= 0.3 is 5.97 Å². The van der Waals surface area contributed by atoms with Crippen molar-refractivity contribution >= 4 is 17.8 Å². The van der Waals surface area contributed by atoms with Crippen molar-refractivity contribution in [3.8, 4) is 0 Å². The summed E-state index contributed by atoms with van der Waals surface area (Å²) in [7, 11) is 0. The third kappa shape index (κ3) is 1.79. The van der Waals surface area contributed by atoms with Crippen LogP contribution < -0.4 is 5.32 Å². The quantitative estimate of drug-likeness (QED) is 0.417. The summed E-state index contributed by atoms with van der Waals surface area (Å²) >= 11 is 0. The first kappa shape index (κ1) is 8.19. The molecule has 0 aliphatic carbocycles. The van der Waals surface area contributed by atoms with Crippen molar-refractivity contribution in [2.75, 3.05) is 0 Å². The van der Waals surface area contributed by atoms with Crippen LogP contribution in [0.15, 0.2) is 23.8 Å². The fourth-order valence-electron chi connectivity index (χ4n) is 0.712. The molecule has 0 radical (unpaired) electrons. The highest BCUT2D eigenvalue weighted by molar-refractivity contribution is 6.17. The zero-order valence-electron chi connectivity index (χ0n) is 5.90. The second-order valence-corrected chi connectivity index (χ2v) is 2.09. The van der Waals surface area contributed by atoms with E-state index in [9.17, 15) is 14.4 Å². The van der Waals surface area contributed by atoms with E-state index in [4.69, 9.17) is 5.11 Å². The van der Waals surface area contributed by atoms with Gasteiger partial charge in [0.1, 0.15) is 0 Å². The summed E-state index contributed by atoms with van der Waals surface area (Å²) < 4.78 is 0. The maximum Gasteiger partial charge on any atom is 0.328 e. The summed E-state index contributed by atoms with van der Waals surface area (Å²) in [5, 5.41) is 10.2. The van der Waals surface area contributed by atoms with Gasteiger partial charge in [0.25, 0.3) is 11.8 Å². The molecule has 1 aliphatic rings. The van der Waals surface area contributed by atoms with Crippen LogP contribution in [0.5, 0.6) is 0 Å². The molecule has 0 aromatic carbocycles. The number of hydrogen-bond donors (Lipinski definition) is 2. The van der Waals surface area contributed by atoms with Crippen molar-refractivity contribution in [3.05, 3.63) is 23.8 Å². The van der Waals surface area contributed by atoms with Gasteiger partial charge in [-0.25, -0.2) is 4.79 Å². The average Bonchev–Trinajstić information content (AvgIpc) is 2.26.